The predicted octanol–water partition coefficient (Wildman–Crippen LogP) is 5.87. The Hall–Kier alpha value is -3.47. The molecule has 0 aliphatic carbocycles. The highest BCUT2D eigenvalue weighted by molar-refractivity contribution is 7.92. The van der Waals surface area contributed by atoms with Crippen molar-refractivity contribution in [3.05, 3.63) is 87.9 Å². The van der Waals surface area contributed by atoms with Gasteiger partial charge in [-0.3, -0.25) is 13.9 Å². The van der Waals surface area contributed by atoms with Crippen LogP contribution in [0.5, 0.6) is 11.5 Å². The summed E-state index contributed by atoms with van der Waals surface area (Å²) in [6, 6.07) is 18.6. The summed E-state index contributed by atoms with van der Waals surface area (Å²) >= 11 is 12.7. The molecule has 0 saturated heterocycles. The van der Waals surface area contributed by atoms with E-state index in [-0.39, 0.29) is 44.2 Å². The van der Waals surface area contributed by atoms with Gasteiger partial charge in [-0.2, -0.15) is 0 Å². The molecule has 0 fully saturated rings. The number of benzene rings is 3. The molecule has 1 N–H and O–H groups in total. The number of halogens is 2. The molecule has 1 heterocycles. The molecule has 0 saturated carbocycles. The number of ether oxygens (including phenoxy) is 2. The number of nitrogens with one attached hydrogen (secondary N) is 1. The number of rotatable bonds is 12. The molecule has 0 aromatic heterocycles. The molecule has 1 aliphatic rings. The zero-order chi connectivity index (χ0) is 32.8. The van der Waals surface area contributed by atoms with Crippen molar-refractivity contribution in [2.75, 3.05) is 30.3 Å². The lowest BCUT2D eigenvalue weighted by Gasteiger charge is -2.34. The molecule has 0 spiro atoms. The molecule has 0 unspecified atom stereocenters. The molecule has 3 aromatic carbocycles. The summed E-state index contributed by atoms with van der Waals surface area (Å²) in [5, 5.41) is 3.85. The summed E-state index contributed by atoms with van der Waals surface area (Å²) in [5.41, 5.74) is 1.38. The average Bonchev–Trinajstić information content (AvgIpc) is 2.96. The Morgan fingerprint density at radius 3 is 2.29 bits per heavy atom. The quantitative estimate of drug-likeness (QED) is 0.258. The van der Waals surface area contributed by atoms with Gasteiger partial charge >= 0.3 is 0 Å². The molecular formula is C33H39Cl2N3O6S. The number of carbonyl (C=O) groups excluding carboxylic acids is 2. The minimum absolute atomic E-state index is 0.0180. The van der Waals surface area contributed by atoms with E-state index in [4.69, 9.17) is 32.7 Å². The van der Waals surface area contributed by atoms with Gasteiger partial charge in [0, 0.05) is 47.6 Å². The highest BCUT2D eigenvalue weighted by atomic mass is 35.5. The van der Waals surface area contributed by atoms with Crippen molar-refractivity contribution in [2.45, 2.75) is 58.2 Å². The van der Waals surface area contributed by atoms with Gasteiger partial charge in [0.1, 0.15) is 19.3 Å². The van der Waals surface area contributed by atoms with Crippen LogP contribution in [0.2, 0.25) is 10.0 Å². The number of nitrogens with zero attached hydrogens (tertiary/aromatic N) is 2. The summed E-state index contributed by atoms with van der Waals surface area (Å²) in [5.74, 6) is 0.381. The van der Waals surface area contributed by atoms with Crippen molar-refractivity contribution in [3.8, 4) is 11.5 Å². The molecule has 0 radical (unpaired) electrons. The maximum Gasteiger partial charge on any atom is 0.243 e. The van der Waals surface area contributed by atoms with Crippen LogP contribution in [-0.4, -0.2) is 62.7 Å². The van der Waals surface area contributed by atoms with Crippen LogP contribution in [0.3, 0.4) is 0 Å². The Balaban J connectivity index is 1.61. The number of anilines is 1. The van der Waals surface area contributed by atoms with Crippen LogP contribution >= 0.6 is 23.2 Å². The monoisotopic (exact) mass is 675 g/mol. The Kier molecular flexibility index (Phi) is 11.3. The summed E-state index contributed by atoms with van der Waals surface area (Å²) in [6.07, 6.45) is 1.57. The van der Waals surface area contributed by atoms with E-state index in [0.717, 1.165) is 11.8 Å². The summed E-state index contributed by atoms with van der Waals surface area (Å²) in [6.45, 7) is 6.52. The first kappa shape index (κ1) is 34.4. The number of sulfonamides is 1. The van der Waals surface area contributed by atoms with Gasteiger partial charge in [-0.25, -0.2) is 8.42 Å². The van der Waals surface area contributed by atoms with Crippen LogP contribution in [0, 0.1) is 0 Å². The molecule has 1 aliphatic heterocycles. The highest BCUT2D eigenvalue weighted by Gasteiger charge is 2.33. The molecule has 3 aromatic rings. The zero-order valence-corrected chi connectivity index (χ0v) is 28.2. The van der Waals surface area contributed by atoms with Gasteiger partial charge in [-0.05, 0) is 62.6 Å². The van der Waals surface area contributed by atoms with Gasteiger partial charge in [-0.1, -0.05) is 59.6 Å². The Morgan fingerprint density at radius 2 is 1.64 bits per heavy atom. The van der Waals surface area contributed by atoms with E-state index in [9.17, 15) is 18.0 Å². The minimum atomic E-state index is -3.69. The SMILES string of the molecule is CC(C)(C)NC(=O)[C@H](Cc1ccccc1)N(Cc1ccc(Cl)cc1Cl)C(=O)CCCN(c1ccc2c(c1)OCCO2)S(C)(=O)=O. The summed E-state index contributed by atoms with van der Waals surface area (Å²) in [7, 11) is -3.69. The van der Waals surface area contributed by atoms with Crippen molar-refractivity contribution in [1.82, 2.24) is 10.2 Å². The molecule has 1 atom stereocenters. The number of carbonyl (C=O) groups is 2. The van der Waals surface area contributed by atoms with Gasteiger partial charge in [0.2, 0.25) is 21.8 Å². The van der Waals surface area contributed by atoms with Gasteiger partial charge in [0.05, 0.1) is 11.9 Å². The number of hydrogen-bond donors (Lipinski definition) is 1. The minimum Gasteiger partial charge on any atom is -0.486 e. The Bertz CT molecular complexity index is 1610. The lowest BCUT2D eigenvalue weighted by Crippen LogP contribution is -2.54. The van der Waals surface area contributed by atoms with E-state index >= 15 is 0 Å². The van der Waals surface area contributed by atoms with E-state index < -0.39 is 21.6 Å². The van der Waals surface area contributed by atoms with E-state index in [1.165, 1.54) is 9.21 Å². The first-order chi connectivity index (χ1) is 21.2. The Morgan fingerprint density at radius 1 is 0.956 bits per heavy atom. The second kappa shape index (κ2) is 14.7. The van der Waals surface area contributed by atoms with E-state index in [1.54, 1.807) is 36.4 Å². The third-order valence-corrected chi connectivity index (χ3v) is 8.87. The van der Waals surface area contributed by atoms with Crippen molar-refractivity contribution in [2.24, 2.45) is 0 Å². The molecular weight excluding hydrogens is 637 g/mol. The van der Waals surface area contributed by atoms with Crippen LogP contribution in [0.15, 0.2) is 66.7 Å². The van der Waals surface area contributed by atoms with Gasteiger partial charge < -0.3 is 19.7 Å². The van der Waals surface area contributed by atoms with Crippen molar-refractivity contribution in [3.63, 3.8) is 0 Å². The third kappa shape index (κ3) is 9.76. The first-order valence-electron chi connectivity index (χ1n) is 14.7. The Labute approximate surface area is 275 Å². The van der Waals surface area contributed by atoms with Crippen LogP contribution in [0.25, 0.3) is 0 Å². The molecule has 9 nitrogen and oxygen atoms in total. The fourth-order valence-electron chi connectivity index (χ4n) is 5.03. The molecule has 242 valence electrons. The smallest absolute Gasteiger partial charge is 0.243 e. The molecule has 2 amide bonds. The van der Waals surface area contributed by atoms with Crippen LogP contribution < -0.4 is 19.1 Å². The number of fused-ring (bicyclic) bond motifs is 1. The van der Waals surface area contributed by atoms with Crippen LogP contribution in [-0.2, 0) is 32.6 Å². The molecule has 4 rings (SSSR count). The third-order valence-electron chi connectivity index (χ3n) is 7.09. The first-order valence-corrected chi connectivity index (χ1v) is 17.3. The predicted molar refractivity (Wildman–Crippen MR) is 178 cm³/mol. The zero-order valence-electron chi connectivity index (χ0n) is 25.9. The fourth-order valence-corrected chi connectivity index (χ4v) is 6.46. The summed E-state index contributed by atoms with van der Waals surface area (Å²) in [4.78, 5) is 29.4. The fraction of sp³-hybridized carbons (Fsp3) is 0.394. The van der Waals surface area contributed by atoms with Crippen molar-refractivity contribution >= 4 is 50.7 Å². The number of amides is 2. The second-order valence-electron chi connectivity index (χ2n) is 12.0. The van der Waals surface area contributed by atoms with E-state index in [0.29, 0.717) is 46.0 Å². The lowest BCUT2D eigenvalue weighted by molar-refractivity contribution is -0.142. The van der Waals surface area contributed by atoms with Gasteiger partial charge in [0.15, 0.2) is 11.5 Å². The molecule has 45 heavy (non-hydrogen) atoms. The molecule has 12 heteroatoms. The van der Waals surface area contributed by atoms with E-state index in [2.05, 4.69) is 5.32 Å². The van der Waals surface area contributed by atoms with Crippen LogP contribution in [0.1, 0.15) is 44.7 Å². The summed E-state index contributed by atoms with van der Waals surface area (Å²) < 4.78 is 38.1. The van der Waals surface area contributed by atoms with E-state index in [1.807, 2.05) is 51.1 Å². The van der Waals surface area contributed by atoms with Gasteiger partial charge in [0.25, 0.3) is 0 Å². The average molecular weight is 677 g/mol. The van der Waals surface area contributed by atoms with Crippen LogP contribution in [0.4, 0.5) is 5.69 Å². The molecule has 0 bridgehead atoms. The maximum absolute atomic E-state index is 14.1. The van der Waals surface area contributed by atoms with Crippen molar-refractivity contribution < 1.29 is 27.5 Å². The largest absolute Gasteiger partial charge is 0.486 e. The number of hydrogen-bond acceptors (Lipinski definition) is 6. The standard InChI is InChI=1S/C33H39Cl2N3O6S/c1-33(2,3)36-32(40)28(19-23-9-6-5-7-10-23)37(22-24-12-13-25(34)20-27(24)35)31(39)11-8-16-38(45(4,41)42)26-14-15-29-30(21-26)44-18-17-43-29/h5-7,9-10,12-15,20-21,28H,8,11,16-19,22H2,1-4H3,(H,36,40)/t28-/m0/s1. The van der Waals surface area contributed by atoms with Crippen molar-refractivity contribution in [1.29, 1.82) is 0 Å². The highest BCUT2D eigenvalue weighted by Crippen LogP contribution is 2.35. The maximum atomic E-state index is 14.1. The topological polar surface area (TPSA) is 105 Å². The van der Waals surface area contributed by atoms with Gasteiger partial charge in [-0.15, -0.1) is 0 Å². The normalized spacial score (nSPS) is 13.6. The second-order valence-corrected chi connectivity index (χ2v) is 14.7. The lowest BCUT2D eigenvalue weighted by atomic mass is 10.00.